The van der Waals surface area contributed by atoms with Crippen molar-refractivity contribution in [3.05, 3.63) is 92.8 Å². The summed E-state index contributed by atoms with van der Waals surface area (Å²) in [6.07, 6.45) is 0. The maximum atomic E-state index is 12.8. The van der Waals surface area contributed by atoms with Crippen LogP contribution in [0.3, 0.4) is 0 Å². The average Bonchev–Trinajstić information content (AvgIpc) is 2.74. The molecule has 0 aliphatic heterocycles. The number of aromatic nitrogens is 1. The summed E-state index contributed by atoms with van der Waals surface area (Å²) in [4.78, 5) is 27.1. The Kier molecular flexibility index (Phi) is 4.99. The molecule has 0 amide bonds. The number of nitro groups is 1. The number of nitro benzene ring substituents is 1. The highest BCUT2D eigenvalue weighted by Gasteiger charge is 2.19. The zero-order valence-corrected chi connectivity index (χ0v) is 16.9. The summed E-state index contributed by atoms with van der Waals surface area (Å²) in [5, 5.41) is 10.9. The molecule has 0 radical (unpaired) electrons. The van der Waals surface area contributed by atoms with Crippen LogP contribution in [0.5, 0.6) is 0 Å². The maximum absolute atomic E-state index is 12.8. The normalized spacial score (nSPS) is 11.4. The first-order chi connectivity index (χ1) is 14.7. The Morgan fingerprint density at radius 3 is 2.45 bits per heavy atom. The zero-order valence-electron chi connectivity index (χ0n) is 16.1. The highest BCUT2D eigenvalue weighted by molar-refractivity contribution is 7.92. The van der Waals surface area contributed by atoms with Gasteiger partial charge in [0.05, 0.1) is 32.0 Å². The van der Waals surface area contributed by atoms with Gasteiger partial charge in [-0.1, -0.05) is 29.8 Å². The minimum atomic E-state index is -3.90. The number of non-ortho nitro benzene ring substituents is 1. The fourth-order valence-electron chi connectivity index (χ4n) is 2.97. The molecular weight excluding hydrogens is 422 g/mol. The van der Waals surface area contributed by atoms with Crippen LogP contribution < -0.4 is 10.3 Å². The maximum Gasteiger partial charge on any atom is 0.347 e. The number of sulfonamides is 1. The molecule has 0 aliphatic rings. The van der Waals surface area contributed by atoms with Crippen molar-refractivity contribution in [3.8, 4) is 11.5 Å². The number of hydrogen-bond acceptors (Lipinski definition) is 7. The number of hydrogen-bond donors (Lipinski definition) is 1. The van der Waals surface area contributed by atoms with E-state index in [1.807, 2.05) is 6.92 Å². The third-order valence-electron chi connectivity index (χ3n) is 4.56. The van der Waals surface area contributed by atoms with E-state index in [0.717, 1.165) is 11.6 Å². The van der Waals surface area contributed by atoms with Crippen molar-refractivity contribution in [3.63, 3.8) is 0 Å². The van der Waals surface area contributed by atoms with Crippen molar-refractivity contribution in [2.75, 3.05) is 4.72 Å². The molecule has 10 heteroatoms. The minimum Gasteiger partial charge on any atom is -0.403 e. The number of rotatable bonds is 5. The molecule has 0 atom stereocenters. The second-order valence-corrected chi connectivity index (χ2v) is 8.41. The van der Waals surface area contributed by atoms with Crippen molar-refractivity contribution in [1.29, 1.82) is 0 Å². The Morgan fingerprint density at radius 2 is 1.74 bits per heavy atom. The van der Waals surface area contributed by atoms with Crippen molar-refractivity contribution in [1.82, 2.24) is 4.98 Å². The van der Waals surface area contributed by atoms with Gasteiger partial charge in [-0.25, -0.2) is 18.2 Å². The molecule has 156 valence electrons. The number of anilines is 1. The summed E-state index contributed by atoms with van der Waals surface area (Å²) in [7, 11) is -3.90. The molecule has 0 spiro atoms. The third kappa shape index (κ3) is 4.01. The van der Waals surface area contributed by atoms with E-state index in [0.29, 0.717) is 0 Å². The van der Waals surface area contributed by atoms with E-state index in [4.69, 9.17) is 4.42 Å². The molecule has 1 heterocycles. The van der Waals surface area contributed by atoms with E-state index >= 15 is 0 Å². The Morgan fingerprint density at radius 1 is 1.03 bits per heavy atom. The molecule has 4 aromatic rings. The standard InChI is InChI=1S/C21H15N3O6S/c1-13-6-9-15(10-7-13)31(28,29)23-19-5-3-2-4-16(19)20-22-18-11-8-14(24(26)27)12-17(18)21(25)30-20/h2-12,23H,1H3. The summed E-state index contributed by atoms with van der Waals surface area (Å²) in [5.74, 6) is -0.117. The SMILES string of the molecule is Cc1ccc(S(=O)(=O)Nc2ccccc2-c2nc3ccc([N+](=O)[O-])cc3c(=O)o2)cc1. The molecule has 0 fully saturated rings. The smallest absolute Gasteiger partial charge is 0.347 e. The lowest BCUT2D eigenvalue weighted by molar-refractivity contribution is -0.384. The lowest BCUT2D eigenvalue weighted by Gasteiger charge is -2.12. The second-order valence-electron chi connectivity index (χ2n) is 6.73. The van der Waals surface area contributed by atoms with Gasteiger partial charge in [0.2, 0.25) is 5.89 Å². The first-order valence-corrected chi connectivity index (χ1v) is 10.5. The number of fused-ring (bicyclic) bond motifs is 1. The van der Waals surface area contributed by atoms with Crippen molar-refractivity contribution >= 4 is 32.3 Å². The molecule has 0 bridgehead atoms. The summed E-state index contributed by atoms with van der Waals surface area (Å²) < 4.78 is 33.3. The van der Waals surface area contributed by atoms with E-state index in [2.05, 4.69) is 9.71 Å². The molecule has 31 heavy (non-hydrogen) atoms. The van der Waals surface area contributed by atoms with Crippen LogP contribution in [-0.2, 0) is 10.0 Å². The van der Waals surface area contributed by atoms with E-state index in [1.54, 1.807) is 30.3 Å². The minimum absolute atomic E-state index is 0.0457. The summed E-state index contributed by atoms with van der Waals surface area (Å²) in [6, 6.07) is 16.3. The van der Waals surface area contributed by atoms with Crippen LogP contribution in [0.15, 0.2) is 80.8 Å². The first-order valence-electron chi connectivity index (χ1n) is 9.03. The Hall–Kier alpha value is -4.05. The third-order valence-corrected chi connectivity index (χ3v) is 5.94. The number of nitrogens with one attached hydrogen (secondary N) is 1. The van der Waals surface area contributed by atoms with Crippen LogP contribution in [0.4, 0.5) is 11.4 Å². The molecule has 1 N–H and O–H groups in total. The molecule has 0 unspecified atom stereocenters. The largest absolute Gasteiger partial charge is 0.403 e. The van der Waals surface area contributed by atoms with Gasteiger partial charge in [0.25, 0.3) is 15.7 Å². The number of para-hydroxylation sites is 1. The van der Waals surface area contributed by atoms with Crippen LogP contribution in [0.1, 0.15) is 5.56 Å². The predicted molar refractivity (Wildman–Crippen MR) is 114 cm³/mol. The van der Waals surface area contributed by atoms with Gasteiger partial charge in [-0.15, -0.1) is 0 Å². The van der Waals surface area contributed by atoms with Gasteiger partial charge in [-0.05, 0) is 37.3 Å². The van der Waals surface area contributed by atoms with Gasteiger partial charge in [0.1, 0.15) is 0 Å². The molecule has 0 saturated carbocycles. The molecule has 9 nitrogen and oxygen atoms in total. The number of aryl methyl sites for hydroxylation is 1. The first kappa shape index (κ1) is 20.2. The highest BCUT2D eigenvalue weighted by atomic mass is 32.2. The van der Waals surface area contributed by atoms with Crippen LogP contribution in [0.25, 0.3) is 22.4 Å². The van der Waals surface area contributed by atoms with Gasteiger partial charge >= 0.3 is 5.63 Å². The zero-order chi connectivity index (χ0) is 22.2. The van der Waals surface area contributed by atoms with Gasteiger partial charge in [0, 0.05) is 12.1 Å². The number of nitrogens with zero attached hydrogens (tertiary/aromatic N) is 2. The lowest BCUT2D eigenvalue weighted by atomic mass is 10.1. The van der Waals surface area contributed by atoms with E-state index in [1.165, 1.54) is 30.3 Å². The fraction of sp³-hybridized carbons (Fsp3) is 0.0476. The van der Waals surface area contributed by atoms with Crippen molar-refractivity contribution < 1.29 is 17.8 Å². The van der Waals surface area contributed by atoms with E-state index < -0.39 is 20.6 Å². The summed E-state index contributed by atoms with van der Waals surface area (Å²) in [6.45, 7) is 1.85. The van der Waals surface area contributed by atoms with Crippen LogP contribution in [0, 0.1) is 17.0 Å². The second kappa shape index (κ2) is 7.65. The van der Waals surface area contributed by atoms with E-state index in [9.17, 15) is 23.3 Å². The fourth-order valence-corrected chi connectivity index (χ4v) is 4.05. The van der Waals surface area contributed by atoms with Crippen LogP contribution in [-0.4, -0.2) is 18.3 Å². The monoisotopic (exact) mass is 437 g/mol. The average molecular weight is 437 g/mol. The Bertz CT molecular complexity index is 1480. The van der Waals surface area contributed by atoms with Gasteiger partial charge in [-0.3, -0.25) is 14.8 Å². The van der Waals surface area contributed by atoms with Crippen LogP contribution in [0.2, 0.25) is 0 Å². The van der Waals surface area contributed by atoms with Gasteiger partial charge < -0.3 is 4.42 Å². The Labute approximate surface area is 176 Å². The highest BCUT2D eigenvalue weighted by Crippen LogP contribution is 2.29. The van der Waals surface area contributed by atoms with Crippen molar-refractivity contribution in [2.45, 2.75) is 11.8 Å². The van der Waals surface area contributed by atoms with Crippen molar-refractivity contribution in [2.24, 2.45) is 0 Å². The predicted octanol–water partition coefficient (Wildman–Crippen LogP) is 3.87. The quantitative estimate of drug-likeness (QED) is 0.370. The molecule has 1 aromatic heterocycles. The molecule has 4 rings (SSSR count). The van der Waals surface area contributed by atoms with Gasteiger partial charge in [-0.2, -0.15) is 0 Å². The molecular formula is C21H15N3O6S. The lowest BCUT2D eigenvalue weighted by Crippen LogP contribution is -2.14. The summed E-state index contributed by atoms with van der Waals surface area (Å²) in [5.41, 5.74) is 0.436. The van der Waals surface area contributed by atoms with Gasteiger partial charge in [0.15, 0.2) is 0 Å². The Balaban J connectivity index is 1.79. The summed E-state index contributed by atoms with van der Waals surface area (Å²) >= 11 is 0. The van der Waals surface area contributed by atoms with E-state index in [-0.39, 0.29) is 38.6 Å². The topological polar surface area (TPSA) is 132 Å². The molecule has 3 aromatic carbocycles. The molecule has 0 aliphatic carbocycles. The number of benzene rings is 3. The van der Waals surface area contributed by atoms with Crippen LogP contribution >= 0.6 is 0 Å². The molecule has 0 saturated heterocycles.